The van der Waals surface area contributed by atoms with Crippen LogP contribution in [0.4, 0.5) is 0 Å². The number of amides is 1. The highest BCUT2D eigenvalue weighted by molar-refractivity contribution is 7.90. The van der Waals surface area contributed by atoms with E-state index in [1.165, 1.54) is 18.1 Å². The number of nitrogens with zero attached hydrogens (tertiary/aromatic N) is 4. The fourth-order valence-electron chi connectivity index (χ4n) is 1.21. The minimum atomic E-state index is -3.16. The maximum Gasteiger partial charge on any atom is 0.325 e. The molecule has 0 unspecified atom stereocenters. The summed E-state index contributed by atoms with van der Waals surface area (Å²) in [6.07, 6.45) is 2.28. The molecule has 0 saturated carbocycles. The lowest BCUT2D eigenvalue weighted by atomic mass is 10.4. The van der Waals surface area contributed by atoms with Crippen LogP contribution in [-0.2, 0) is 21.2 Å². The van der Waals surface area contributed by atoms with E-state index in [2.05, 4.69) is 10.3 Å². The van der Waals surface area contributed by atoms with Crippen molar-refractivity contribution in [1.29, 1.82) is 0 Å². The largest absolute Gasteiger partial charge is 0.480 e. The molecule has 1 heterocycles. The SMILES string of the molecule is CN(CCS(C)(=O)=O)C(=O)c1cn(CC(=O)O)nn1. The van der Waals surface area contributed by atoms with Crippen LogP contribution in [0.25, 0.3) is 0 Å². The normalized spacial score (nSPS) is 11.3. The van der Waals surface area contributed by atoms with Crippen molar-refractivity contribution in [3.8, 4) is 0 Å². The van der Waals surface area contributed by atoms with E-state index < -0.39 is 28.3 Å². The molecule has 0 aliphatic heterocycles. The van der Waals surface area contributed by atoms with E-state index in [4.69, 9.17) is 5.11 Å². The second-order valence-corrected chi connectivity index (χ2v) is 6.31. The summed E-state index contributed by atoms with van der Waals surface area (Å²) in [5, 5.41) is 15.6. The molecule has 0 atom stereocenters. The highest BCUT2D eigenvalue weighted by Gasteiger charge is 2.17. The van der Waals surface area contributed by atoms with Gasteiger partial charge in [-0.25, -0.2) is 13.1 Å². The Kier molecular flexibility index (Phi) is 4.59. The van der Waals surface area contributed by atoms with Crippen molar-refractivity contribution in [1.82, 2.24) is 19.9 Å². The number of carboxylic acid groups (broad SMARTS) is 1. The number of carbonyl (C=O) groups is 2. The van der Waals surface area contributed by atoms with Gasteiger partial charge in [0.15, 0.2) is 5.69 Å². The Balaban J connectivity index is 2.66. The molecule has 19 heavy (non-hydrogen) atoms. The van der Waals surface area contributed by atoms with Crippen LogP contribution in [0.1, 0.15) is 10.5 Å². The number of carboxylic acids is 1. The molecule has 1 amide bonds. The first kappa shape index (κ1) is 15.1. The van der Waals surface area contributed by atoms with Crippen LogP contribution in [0.15, 0.2) is 6.20 Å². The van der Waals surface area contributed by atoms with E-state index in [9.17, 15) is 18.0 Å². The van der Waals surface area contributed by atoms with Crippen LogP contribution in [0.5, 0.6) is 0 Å². The van der Waals surface area contributed by atoms with Crippen LogP contribution >= 0.6 is 0 Å². The Morgan fingerprint density at radius 3 is 2.63 bits per heavy atom. The van der Waals surface area contributed by atoms with E-state index >= 15 is 0 Å². The number of carbonyl (C=O) groups excluding carboxylic acids is 1. The molecular formula is C9H14N4O5S. The van der Waals surface area contributed by atoms with Gasteiger partial charge in [-0.3, -0.25) is 9.59 Å². The zero-order valence-corrected chi connectivity index (χ0v) is 11.3. The lowest BCUT2D eigenvalue weighted by molar-refractivity contribution is -0.137. The summed E-state index contributed by atoms with van der Waals surface area (Å²) >= 11 is 0. The first-order chi connectivity index (χ1) is 8.69. The molecule has 0 spiro atoms. The summed E-state index contributed by atoms with van der Waals surface area (Å²) < 4.78 is 23.0. The van der Waals surface area contributed by atoms with Gasteiger partial charge in [0.25, 0.3) is 5.91 Å². The highest BCUT2D eigenvalue weighted by Crippen LogP contribution is 2.00. The Morgan fingerprint density at radius 2 is 2.11 bits per heavy atom. The van der Waals surface area contributed by atoms with Crippen molar-refractivity contribution in [2.24, 2.45) is 0 Å². The van der Waals surface area contributed by atoms with E-state index in [-0.39, 0.29) is 18.0 Å². The fraction of sp³-hybridized carbons (Fsp3) is 0.556. The van der Waals surface area contributed by atoms with Crippen molar-refractivity contribution in [2.75, 3.05) is 25.6 Å². The molecule has 1 aromatic heterocycles. The summed E-state index contributed by atoms with van der Waals surface area (Å²) in [6, 6.07) is 0. The minimum Gasteiger partial charge on any atom is -0.480 e. The van der Waals surface area contributed by atoms with Crippen LogP contribution in [0.2, 0.25) is 0 Å². The quantitative estimate of drug-likeness (QED) is 0.675. The third kappa shape index (κ3) is 5.04. The van der Waals surface area contributed by atoms with Gasteiger partial charge in [-0.2, -0.15) is 0 Å². The third-order valence-electron chi connectivity index (χ3n) is 2.20. The molecule has 1 N–H and O–H groups in total. The lowest BCUT2D eigenvalue weighted by Gasteiger charge is -2.14. The molecular weight excluding hydrogens is 276 g/mol. The van der Waals surface area contributed by atoms with Crippen LogP contribution in [0, 0.1) is 0 Å². The number of hydrogen-bond donors (Lipinski definition) is 1. The fourth-order valence-corrected chi connectivity index (χ4v) is 1.82. The lowest BCUT2D eigenvalue weighted by Crippen LogP contribution is -2.31. The molecule has 0 saturated heterocycles. The summed E-state index contributed by atoms with van der Waals surface area (Å²) in [5.74, 6) is -1.77. The maximum absolute atomic E-state index is 11.8. The third-order valence-corrected chi connectivity index (χ3v) is 3.12. The standard InChI is InChI=1S/C9H14N4O5S/c1-12(3-4-19(2,17)18)9(16)7-5-13(11-10-7)6-8(14)15/h5H,3-4,6H2,1-2H3,(H,14,15). The average Bonchev–Trinajstić information content (AvgIpc) is 2.71. The van der Waals surface area contributed by atoms with E-state index in [1.54, 1.807) is 0 Å². The predicted octanol–water partition coefficient (Wildman–Crippen LogP) is -1.52. The van der Waals surface area contributed by atoms with E-state index in [0.29, 0.717) is 0 Å². The highest BCUT2D eigenvalue weighted by atomic mass is 32.2. The Bertz CT molecular complexity index is 579. The van der Waals surface area contributed by atoms with Crippen LogP contribution in [0.3, 0.4) is 0 Å². The molecule has 0 fully saturated rings. The molecule has 10 heteroatoms. The van der Waals surface area contributed by atoms with Crippen molar-refractivity contribution >= 4 is 21.7 Å². The molecule has 0 bridgehead atoms. The molecule has 1 rings (SSSR count). The van der Waals surface area contributed by atoms with Gasteiger partial charge in [-0.05, 0) is 0 Å². The number of aliphatic carboxylic acids is 1. The van der Waals surface area contributed by atoms with Gasteiger partial charge in [0.2, 0.25) is 0 Å². The Labute approximate surface area is 109 Å². The molecule has 0 radical (unpaired) electrons. The summed E-state index contributed by atoms with van der Waals surface area (Å²) in [7, 11) is -1.72. The number of aromatic nitrogens is 3. The number of hydrogen-bond acceptors (Lipinski definition) is 6. The average molecular weight is 290 g/mol. The topological polar surface area (TPSA) is 122 Å². The molecule has 106 valence electrons. The van der Waals surface area contributed by atoms with Gasteiger partial charge >= 0.3 is 5.97 Å². The Morgan fingerprint density at radius 1 is 1.47 bits per heavy atom. The van der Waals surface area contributed by atoms with Crippen LogP contribution < -0.4 is 0 Å². The monoisotopic (exact) mass is 290 g/mol. The minimum absolute atomic E-state index is 0.0303. The van der Waals surface area contributed by atoms with Gasteiger partial charge in [0.1, 0.15) is 16.4 Å². The second-order valence-electron chi connectivity index (χ2n) is 4.05. The summed E-state index contributed by atoms with van der Waals surface area (Å²) in [4.78, 5) is 23.5. The molecule has 0 aliphatic carbocycles. The smallest absolute Gasteiger partial charge is 0.325 e. The van der Waals surface area contributed by atoms with Crippen molar-refractivity contribution in [3.63, 3.8) is 0 Å². The summed E-state index contributed by atoms with van der Waals surface area (Å²) in [6.45, 7) is -0.364. The van der Waals surface area contributed by atoms with Gasteiger partial charge in [0.05, 0.1) is 11.9 Å². The van der Waals surface area contributed by atoms with Gasteiger partial charge in [0, 0.05) is 19.8 Å². The zero-order valence-electron chi connectivity index (χ0n) is 10.5. The second kappa shape index (κ2) is 5.78. The van der Waals surface area contributed by atoms with Crippen molar-refractivity contribution in [3.05, 3.63) is 11.9 Å². The number of rotatable bonds is 6. The first-order valence-electron chi connectivity index (χ1n) is 5.24. The van der Waals surface area contributed by atoms with E-state index in [0.717, 1.165) is 10.9 Å². The van der Waals surface area contributed by atoms with Gasteiger partial charge in [-0.1, -0.05) is 5.21 Å². The van der Waals surface area contributed by atoms with Crippen molar-refractivity contribution in [2.45, 2.75) is 6.54 Å². The molecule has 1 aromatic rings. The van der Waals surface area contributed by atoms with Crippen LogP contribution in [-0.4, -0.2) is 70.9 Å². The predicted molar refractivity (Wildman–Crippen MR) is 64.3 cm³/mol. The first-order valence-corrected chi connectivity index (χ1v) is 7.30. The van der Waals surface area contributed by atoms with E-state index in [1.807, 2.05) is 0 Å². The van der Waals surface area contributed by atoms with Gasteiger partial charge in [-0.15, -0.1) is 5.10 Å². The molecule has 0 aromatic carbocycles. The number of sulfone groups is 1. The van der Waals surface area contributed by atoms with Gasteiger partial charge < -0.3 is 10.0 Å². The zero-order chi connectivity index (χ0) is 14.6. The molecule has 0 aliphatic rings. The van der Waals surface area contributed by atoms with Crippen molar-refractivity contribution < 1.29 is 23.1 Å². The summed E-state index contributed by atoms with van der Waals surface area (Å²) in [5.41, 5.74) is -0.0303. The Hall–Kier alpha value is -1.97. The maximum atomic E-state index is 11.8. The molecule has 9 nitrogen and oxygen atoms in total.